The number of hydrogen-bond donors (Lipinski definition) is 1. The highest BCUT2D eigenvalue weighted by atomic mass is 28.4. The van der Waals surface area contributed by atoms with Gasteiger partial charge in [-0.15, -0.1) is 0 Å². The standard InChI is InChI=1S/C20H34O4Si/c1-6-25(7-2,8-3)24-20(19(22-5)14-15-21)17(4)23-16-18-12-10-9-11-13-18/h9-14,17,20-21H,6-8,15-16H2,1-5H3/b19-14+/t17-,20+/m0/s1. The Morgan fingerprint density at radius 3 is 2.20 bits per heavy atom. The molecule has 0 aliphatic carbocycles. The minimum absolute atomic E-state index is 0.0760. The van der Waals surface area contributed by atoms with Crippen LogP contribution in [0.15, 0.2) is 42.2 Å². The van der Waals surface area contributed by atoms with Crippen molar-refractivity contribution < 1.29 is 19.0 Å². The smallest absolute Gasteiger partial charge is 0.193 e. The predicted octanol–water partition coefficient (Wildman–Crippen LogP) is 4.50. The van der Waals surface area contributed by atoms with E-state index in [1.807, 2.05) is 37.3 Å². The number of aliphatic hydroxyl groups excluding tert-OH is 1. The summed E-state index contributed by atoms with van der Waals surface area (Å²) in [5.74, 6) is 0.648. The van der Waals surface area contributed by atoms with Crippen LogP contribution in [0.2, 0.25) is 18.1 Å². The molecule has 4 nitrogen and oxygen atoms in total. The summed E-state index contributed by atoms with van der Waals surface area (Å²) >= 11 is 0. The van der Waals surface area contributed by atoms with E-state index >= 15 is 0 Å². The van der Waals surface area contributed by atoms with Gasteiger partial charge in [0.2, 0.25) is 0 Å². The second-order valence-corrected chi connectivity index (χ2v) is 11.0. The third kappa shape index (κ3) is 6.59. The molecule has 0 unspecified atom stereocenters. The Morgan fingerprint density at radius 1 is 1.12 bits per heavy atom. The Labute approximate surface area is 153 Å². The van der Waals surface area contributed by atoms with Gasteiger partial charge in [0.25, 0.3) is 0 Å². The molecule has 0 saturated heterocycles. The second-order valence-electron chi connectivity index (χ2n) is 6.28. The molecule has 0 bridgehead atoms. The van der Waals surface area contributed by atoms with Crippen molar-refractivity contribution in [3.63, 3.8) is 0 Å². The third-order valence-electron chi connectivity index (χ3n) is 4.90. The van der Waals surface area contributed by atoms with E-state index in [9.17, 15) is 5.11 Å². The maximum atomic E-state index is 9.33. The average Bonchev–Trinajstić information content (AvgIpc) is 2.67. The number of methoxy groups -OCH3 is 1. The SMILES string of the molecule is CC[Si](CC)(CC)O[C@@H](/C(=C\CO)OC)[C@H](C)OCc1ccccc1. The number of rotatable bonds is 12. The topological polar surface area (TPSA) is 47.9 Å². The van der Waals surface area contributed by atoms with Crippen molar-refractivity contribution in [1.82, 2.24) is 0 Å². The highest BCUT2D eigenvalue weighted by Crippen LogP contribution is 2.28. The Bertz CT molecular complexity index is 491. The summed E-state index contributed by atoms with van der Waals surface area (Å²) < 4.78 is 18.3. The van der Waals surface area contributed by atoms with Gasteiger partial charge < -0.3 is 19.0 Å². The molecule has 0 aromatic heterocycles. The van der Waals surface area contributed by atoms with Gasteiger partial charge >= 0.3 is 0 Å². The largest absolute Gasteiger partial charge is 0.499 e. The van der Waals surface area contributed by atoms with Crippen molar-refractivity contribution in [3.8, 4) is 0 Å². The Balaban J connectivity index is 2.94. The van der Waals surface area contributed by atoms with E-state index in [-0.39, 0.29) is 18.8 Å². The summed E-state index contributed by atoms with van der Waals surface area (Å²) in [6, 6.07) is 13.3. The van der Waals surface area contributed by atoms with Gasteiger partial charge in [-0.1, -0.05) is 51.1 Å². The maximum Gasteiger partial charge on any atom is 0.193 e. The van der Waals surface area contributed by atoms with E-state index in [4.69, 9.17) is 13.9 Å². The summed E-state index contributed by atoms with van der Waals surface area (Å²) in [6.07, 6.45) is 1.20. The van der Waals surface area contributed by atoms with Gasteiger partial charge in [0.05, 0.1) is 26.4 Å². The van der Waals surface area contributed by atoms with Crippen molar-refractivity contribution in [2.75, 3.05) is 13.7 Å². The van der Waals surface area contributed by atoms with Crippen molar-refractivity contribution in [2.24, 2.45) is 0 Å². The number of hydrogen-bond acceptors (Lipinski definition) is 4. The van der Waals surface area contributed by atoms with Crippen molar-refractivity contribution >= 4 is 8.32 Å². The molecule has 0 saturated carbocycles. The maximum absolute atomic E-state index is 9.33. The minimum Gasteiger partial charge on any atom is -0.499 e. The zero-order valence-electron chi connectivity index (χ0n) is 16.3. The van der Waals surface area contributed by atoms with Gasteiger partial charge in [-0.05, 0) is 36.7 Å². The van der Waals surface area contributed by atoms with E-state index in [2.05, 4.69) is 20.8 Å². The van der Waals surface area contributed by atoms with E-state index in [1.54, 1.807) is 13.2 Å². The van der Waals surface area contributed by atoms with Gasteiger partial charge in [-0.2, -0.15) is 0 Å². The highest BCUT2D eigenvalue weighted by molar-refractivity contribution is 6.73. The number of ether oxygens (including phenoxy) is 2. The molecule has 1 aromatic rings. The molecule has 0 aliphatic rings. The van der Waals surface area contributed by atoms with Crippen LogP contribution in [0, 0.1) is 0 Å². The molecule has 1 aromatic carbocycles. The lowest BCUT2D eigenvalue weighted by molar-refractivity contribution is -0.0318. The minimum atomic E-state index is -1.84. The molecule has 25 heavy (non-hydrogen) atoms. The van der Waals surface area contributed by atoms with Crippen LogP contribution < -0.4 is 0 Å². The first kappa shape index (κ1) is 21.9. The van der Waals surface area contributed by atoms with Crippen LogP contribution >= 0.6 is 0 Å². The molecule has 5 heteroatoms. The Hall–Kier alpha value is -1.14. The summed E-state index contributed by atoms with van der Waals surface area (Å²) in [4.78, 5) is 0. The van der Waals surface area contributed by atoms with Crippen molar-refractivity contribution in [2.45, 2.75) is 64.6 Å². The van der Waals surface area contributed by atoms with E-state index in [0.717, 1.165) is 23.7 Å². The first-order valence-electron chi connectivity index (χ1n) is 9.24. The first-order valence-corrected chi connectivity index (χ1v) is 11.8. The van der Waals surface area contributed by atoms with Crippen LogP contribution in [0.1, 0.15) is 33.3 Å². The molecule has 0 amide bonds. The fourth-order valence-corrected chi connectivity index (χ4v) is 5.80. The summed E-state index contributed by atoms with van der Waals surface area (Å²) in [7, 11) is -0.222. The van der Waals surface area contributed by atoms with Crippen molar-refractivity contribution in [3.05, 3.63) is 47.7 Å². The van der Waals surface area contributed by atoms with Crippen LogP contribution in [0.25, 0.3) is 0 Å². The number of aliphatic hydroxyl groups is 1. The molecule has 1 N–H and O–H groups in total. The van der Waals surface area contributed by atoms with Gasteiger partial charge in [0.15, 0.2) is 8.32 Å². The zero-order chi connectivity index (χ0) is 18.7. The average molecular weight is 367 g/mol. The fourth-order valence-electron chi connectivity index (χ4n) is 2.95. The third-order valence-corrected chi connectivity index (χ3v) is 9.52. The monoisotopic (exact) mass is 366 g/mol. The van der Waals surface area contributed by atoms with Gasteiger partial charge in [0.1, 0.15) is 11.9 Å². The molecule has 0 heterocycles. The Morgan fingerprint density at radius 2 is 1.72 bits per heavy atom. The molecule has 0 spiro atoms. The lowest BCUT2D eigenvalue weighted by Crippen LogP contribution is -2.45. The normalized spacial score (nSPS) is 15.0. The molecule has 1 rings (SSSR count). The van der Waals surface area contributed by atoms with E-state index in [0.29, 0.717) is 12.4 Å². The Kier molecular flexibility index (Phi) is 10.0. The fraction of sp³-hybridized carbons (Fsp3) is 0.600. The number of benzene rings is 1. The van der Waals surface area contributed by atoms with E-state index < -0.39 is 8.32 Å². The van der Waals surface area contributed by atoms with E-state index in [1.165, 1.54) is 0 Å². The second kappa shape index (κ2) is 11.5. The van der Waals surface area contributed by atoms with Gasteiger partial charge in [-0.3, -0.25) is 0 Å². The predicted molar refractivity (Wildman–Crippen MR) is 105 cm³/mol. The van der Waals surface area contributed by atoms with Gasteiger partial charge in [-0.25, -0.2) is 0 Å². The van der Waals surface area contributed by atoms with Crippen LogP contribution in [-0.2, 0) is 20.5 Å². The van der Waals surface area contributed by atoms with Crippen molar-refractivity contribution in [1.29, 1.82) is 0 Å². The van der Waals surface area contributed by atoms with Crippen LogP contribution in [0.3, 0.4) is 0 Å². The summed E-state index contributed by atoms with van der Waals surface area (Å²) in [5.41, 5.74) is 1.13. The van der Waals surface area contributed by atoms with Crippen LogP contribution in [0.5, 0.6) is 0 Å². The van der Waals surface area contributed by atoms with Crippen LogP contribution in [-0.4, -0.2) is 39.3 Å². The molecule has 0 aliphatic heterocycles. The summed E-state index contributed by atoms with van der Waals surface area (Å²) in [6.45, 7) is 9.07. The first-order chi connectivity index (χ1) is 12.1. The molecule has 0 radical (unpaired) electrons. The van der Waals surface area contributed by atoms with Crippen LogP contribution in [0.4, 0.5) is 0 Å². The summed E-state index contributed by atoms with van der Waals surface area (Å²) in [5, 5.41) is 9.33. The lowest BCUT2D eigenvalue weighted by Gasteiger charge is -2.36. The molecule has 142 valence electrons. The molecular weight excluding hydrogens is 332 g/mol. The molecule has 2 atom stereocenters. The van der Waals surface area contributed by atoms with Gasteiger partial charge in [0, 0.05) is 0 Å². The quantitative estimate of drug-likeness (QED) is 0.437. The molecular formula is C20H34O4Si. The molecule has 0 fully saturated rings. The zero-order valence-corrected chi connectivity index (χ0v) is 17.3. The lowest BCUT2D eigenvalue weighted by atomic mass is 10.1. The highest BCUT2D eigenvalue weighted by Gasteiger charge is 2.36.